The Kier molecular flexibility index (Phi) is 7.10. The molecular formula is C21H21ClFNO2S. The molecular weight excluding hydrogens is 385 g/mol. The topological polar surface area (TPSA) is 30.5 Å². The maximum Gasteiger partial charge on any atom is 0.161 e. The predicted octanol–water partition coefficient (Wildman–Crippen LogP) is 5.81. The van der Waals surface area contributed by atoms with Crippen LogP contribution in [0.5, 0.6) is 11.5 Å². The predicted molar refractivity (Wildman–Crippen MR) is 108 cm³/mol. The zero-order chi connectivity index (χ0) is 19.1. The van der Waals surface area contributed by atoms with Gasteiger partial charge in [-0.2, -0.15) is 0 Å². The van der Waals surface area contributed by atoms with E-state index in [1.165, 1.54) is 17.0 Å². The van der Waals surface area contributed by atoms with Gasteiger partial charge in [0.05, 0.1) is 11.6 Å². The van der Waals surface area contributed by atoms with Gasteiger partial charge in [-0.05, 0) is 48.2 Å². The highest BCUT2D eigenvalue weighted by Crippen LogP contribution is 2.30. The van der Waals surface area contributed by atoms with E-state index in [2.05, 4.69) is 16.8 Å². The minimum Gasteiger partial charge on any atom is -0.490 e. The van der Waals surface area contributed by atoms with Gasteiger partial charge in [0.2, 0.25) is 0 Å². The van der Waals surface area contributed by atoms with Gasteiger partial charge in [-0.25, -0.2) is 4.39 Å². The molecule has 27 heavy (non-hydrogen) atoms. The fourth-order valence-corrected chi connectivity index (χ4v) is 3.48. The number of halogens is 2. The molecule has 0 saturated carbocycles. The Balaban J connectivity index is 1.63. The maximum atomic E-state index is 13.2. The summed E-state index contributed by atoms with van der Waals surface area (Å²) < 4.78 is 24.7. The monoisotopic (exact) mass is 405 g/mol. The summed E-state index contributed by atoms with van der Waals surface area (Å²) in [5, 5.41) is 5.85. The van der Waals surface area contributed by atoms with Crippen LogP contribution in [0, 0.1) is 5.82 Å². The van der Waals surface area contributed by atoms with E-state index in [4.69, 9.17) is 21.1 Å². The van der Waals surface area contributed by atoms with Crippen molar-refractivity contribution in [3.63, 3.8) is 0 Å². The minimum absolute atomic E-state index is 0.245. The van der Waals surface area contributed by atoms with Gasteiger partial charge < -0.3 is 14.8 Å². The molecule has 0 aliphatic carbocycles. The Bertz CT molecular complexity index is 871. The molecule has 0 atom stereocenters. The van der Waals surface area contributed by atoms with Crippen LogP contribution >= 0.6 is 22.9 Å². The normalized spacial score (nSPS) is 10.8. The van der Waals surface area contributed by atoms with Crippen LogP contribution in [0.1, 0.15) is 22.9 Å². The third-order valence-corrected chi connectivity index (χ3v) is 5.14. The van der Waals surface area contributed by atoms with Crippen LogP contribution in [0.15, 0.2) is 53.9 Å². The van der Waals surface area contributed by atoms with Crippen LogP contribution in [-0.2, 0) is 19.7 Å². The van der Waals surface area contributed by atoms with Gasteiger partial charge in [-0.15, -0.1) is 11.3 Å². The van der Waals surface area contributed by atoms with Crippen LogP contribution < -0.4 is 14.8 Å². The summed E-state index contributed by atoms with van der Waals surface area (Å²) in [4.78, 5) is 1.30. The fraction of sp³-hybridized carbons (Fsp3) is 0.238. The lowest BCUT2D eigenvalue weighted by Gasteiger charge is -2.14. The molecule has 0 radical (unpaired) electrons. The van der Waals surface area contributed by atoms with E-state index in [1.807, 2.05) is 31.2 Å². The molecule has 0 spiro atoms. The number of hydrogen-bond acceptors (Lipinski definition) is 4. The van der Waals surface area contributed by atoms with E-state index >= 15 is 0 Å². The van der Waals surface area contributed by atoms with Crippen molar-refractivity contribution in [2.75, 3.05) is 6.61 Å². The van der Waals surface area contributed by atoms with Crippen LogP contribution in [0.2, 0.25) is 5.02 Å². The highest BCUT2D eigenvalue weighted by atomic mass is 35.5. The smallest absolute Gasteiger partial charge is 0.161 e. The van der Waals surface area contributed by atoms with Crippen molar-refractivity contribution >= 4 is 22.9 Å². The summed E-state index contributed by atoms with van der Waals surface area (Å²) in [5.41, 5.74) is 1.84. The summed E-state index contributed by atoms with van der Waals surface area (Å²) in [6, 6.07) is 14.3. The molecule has 1 heterocycles. The summed E-state index contributed by atoms with van der Waals surface area (Å²) in [7, 11) is 0. The summed E-state index contributed by atoms with van der Waals surface area (Å²) in [6.45, 7) is 4.29. The first-order valence-corrected chi connectivity index (χ1v) is 9.97. The van der Waals surface area contributed by atoms with Crippen molar-refractivity contribution in [1.82, 2.24) is 5.32 Å². The molecule has 0 amide bonds. The Morgan fingerprint density at radius 2 is 1.93 bits per heavy atom. The molecule has 0 aliphatic rings. The van der Waals surface area contributed by atoms with Gasteiger partial charge in [0.1, 0.15) is 12.4 Å². The standard InChI is InChI=1S/C21H21ClFNO2S/c1-2-25-21-10-15(12-24-13-18-4-3-9-27-18)5-8-20(21)26-14-16-6-7-17(23)11-19(16)22/h3-11,24H,2,12-14H2,1H3. The molecule has 1 aromatic heterocycles. The van der Waals surface area contributed by atoms with E-state index < -0.39 is 0 Å². The van der Waals surface area contributed by atoms with Crippen LogP contribution in [0.3, 0.4) is 0 Å². The number of benzene rings is 2. The third-order valence-electron chi connectivity index (χ3n) is 3.91. The summed E-state index contributed by atoms with van der Waals surface area (Å²) in [6.07, 6.45) is 0. The molecule has 6 heteroatoms. The summed E-state index contributed by atoms with van der Waals surface area (Å²) >= 11 is 7.80. The van der Waals surface area contributed by atoms with Gasteiger partial charge in [0.15, 0.2) is 11.5 Å². The van der Waals surface area contributed by atoms with Crippen molar-refractivity contribution in [3.05, 3.63) is 80.8 Å². The molecule has 3 nitrogen and oxygen atoms in total. The number of thiophene rings is 1. The Morgan fingerprint density at radius 1 is 1.04 bits per heavy atom. The molecule has 0 unspecified atom stereocenters. The summed E-state index contributed by atoms with van der Waals surface area (Å²) in [5.74, 6) is 0.962. The maximum absolute atomic E-state index is 13.2. The zero-order valence-corrected chi connectivity index (χ0v) is 16.6. The van der Waals surface area contributed by atoms with E-state index in [0.717, 1.165) is 24.2 Å². The first-order chi connectivity index (χ1) is 13.2. The molecule has 3 rings (SSSR count). The van der Waals surface area contributed by atoms with Gasteiger partial charge in [0, 0.05) is 23.5 Å². The molecule has 142 valence electrons. The van der Waals surface area contributed by atoms with E-state index in [-0.39, 0.29) is 12.4 Å². The number of nitrogens with one attached hydrogen (secondary N) is 1. The first-order valence-electron chi connectivity index (χ1n) is 8.71. The molecule has 0 fully saturated rings. The molecule has 0 bridgehead atoms. The lowest BCUT2D eigenvalue weighted by molar-refractivity contribution is 0.269. The zero-order valence-electron chi connectivity index (χ0n) is 15.0. The van der Waals surface area contributed by atoms with Crippen molar-refractivity contribution in [1.29, 1.82) is 0 Å². The molecule has 0 saturated heterocycles. The van der Waals surface area contributed by atoms with Crippen molar-refractivity contribution in [3.8, 4) is 11.5 Å². The fourth-order valence-electron chi connectivity index (χ4n) is 2.59. The average Bonchev–Trinajstić information content (AvgIpc) is 3.16. The molecule has 1 N–H and O–H groups in total. The highest BCUT2D eigenvalue weighted by Gasteiger charge is 2.09. The molecule has 2 aromatic carbocycles. The highest BCUT2D eigenvalue weighted by molar-refractivity contribution is 7.09. The number of rotatable bonds is 9. The van der Waals surface area contributed by atoms with Gasteiger partial charge in [0.25, 0.3) is 0 Å². The largest absolute Gasteiger partial charge is 0.490 e. The van der Waals surface area contributed by atoms with Crippen LogP contribution in [0.4, 0.5) is 4.39 Å². The quantitative estimate of drug-likeness (QED) is 0.487. The second-order valence-corrected chi connectivity index (χ2v) is 7.36. The minimum atomic E-state index is -0.363. The molecule has 3 aromatic rings. The van der Waals surface area contributed by atoms with Crippen molar-refractivity contribution in [2.45, 2.75) is 26.6 Å². The van der Waals surface area contributed by atoms with E-state index in [9.17, 15) is 4.39 Å². The molecule has 0 aliphatic heterocycles. The third kappa shape index (κ3) is 5.70. The van der Waals surface area contributed by atoms with Crippen molar-refractivity contribution < 1.29 is 13.9 Å². The lowest BCUT2D eigenvalue weighted by Crippen LogP contribution is -2.12. The second kappa shape index (κ2) is 9.74. The van der Waals surface area contributed by atoms with Gasteiger partial charge in [-0.3, -0.25) is 0 Å². The van der Waals surface area contributed by atoms with Gasteiger partial charge >= 0.3 is 0 Å². The average molecular weight is 406 g/mol. The lowest BCUT2D eigenvalue weighted by atomic mass is 10.2. The van der Waals surface area contributed by atoms with E-state index in [1.54, 1.807) is 17.4 Å². The van der Waals surface area contributed by atoms with Crippen LogP contribution in [-0.4, -0.2) is 6.61 Å². The number of ether oxygens (including phenoxy) is 2. The Morgan fingerprint density at radius 3 is 2.67 bits per heavy atom. The SMILES string of the molecule is CCOc1cc(CNCc2cccs2)ccc1OCc1ccc(F)cc1Cl. The first kappa shape index (κ1) is 19.7. The van der Waals surface area contributed by atoms with Crippen molar-refractivity contribution in [2.24, 2.45) is 0 Å². The second-order valence-electron chi connectivity index (χ2n) is 5.92. The van der Waals surface area contributed by atoms with E-state index in [0.29, 0.717) is 23.1 Å². The Hall–Kier alpha value is -2.08. The Labute approximate surface area is 167 Å². The van der Waals surface area contributed by atoms with Crippen LogP contribution in [0.25, 0.3) is 0 Å². The number of hydrogen-bond donors (Lipinski definition) is 1. The van der Waals surface area contributed by atoms with Gasteiger partial charge in [-0.1, -0.05) is 29.8 Å².